The van der Waals surface area contributed by atoms with Crippen molar-refractivity contribution in [1.82, 2.24) is 25.1 Å². The number of aromatic amines is 1. The summed E-state index contributed by atoms with van der Waals surface area (Å²) in [6, 6.07) is 13.3. The van der Waals surface area contributed by atoms with E-state index in [1.165, 1.54) is 29.8 Å². The predicted octanol–water partition coefficient (Wildman–Crippen LogP) is 5.67. The SMILES string of the molecule is CNC(=O)C(CCC=O)N1C(=O)c2cccc(NCCCOCCOCCOCCCNC(=O)c3cc4c(=O)n(C)cc(-c5cc(C(C)(C)O)ccc5Oc5c(C)cc(F)cc5C)c4[nH]3)c2C1=O. The van der Waals surface area contributed by atoms with Gasteiger partial charge in [0.15, 0.2) is 0 Å². The molecule has 3 heterocycles. The number of imide groups is 1. The van der Waals surface area contributed by atoms with E-state index in [9.17, 15) is 38.3 Å². The van der Waals surface area contributed by atoms with Crippen molar-refractivity contribution >= 4 is 46.5 Å². The van der Waals surface area contributed by atoms with Gasteiger partial charge in [0.25, 0.3) is 23.3 Å². The van der Waals surface area contributed by atoms with Crippen LogP contribution >= 0.6 is 0 Å². The van der Waals surface area contributed by atoms with E-state index >= 15 is 0 Å². The van der Waals surface area contributed by atoms with E-state index in [1.807, 2.05) is 0 Å². The van der Waals surface area contributed by atoms with Gasteiger partial charge in [-0.25, -0.2) is 4.39 Å². The van der Waals surface area contributed by atoms with Crippen LogP contribution in [0.3, 0.4) is 0 Å². The van der Waals surface area contributed by atoms with Gasteiger partial charge in [-0.2, -0.15) is 0 Å². The number of pyridine rings is 1. The van der Waals surface area contributed by atoms with Gasteiger partial charge in [-0.05, 0) is 106 Å². The monoisotopic (exact) mass is 938 g/mol. The highest BCUT2D eigenvalue weighted by atomic mass is 19.1. The second kappa shape index (κ2) is 22.8. The predicted molar refractivity (Wildman–Crippen MR) is 253 cm³/mol. The van der Waals surface area contributed by atoms with E-state index in [0.717, 1.165) is 4.90 Å². The fraction of sp³-hybridized carbons (Fsp3) is 0.400. The minimum Gasteiger partial charge on any atom is -0.456 e. The quantitative estimate of drug-likeness (QED) is 0.0272. The summed E-state index contributed by atoms with van der Waals surface area (Å²) in [7, 11) is 3.03. The number of hydrogen-bond donors (Lipinski definition) is 5. The number of nitrogens with one attached hydrogen (secondary N) is 4. The maximum Gasteiger partial charge on any atom is 0.267 e. The number of benzene rings is 3. The van der Waals surface area contributed by atoms with Crippen molar-refractivity contribution in [2.75, 3.05) is 65.1 Å². The standard InChI is InChI=1S/C50H59FN6O11/c1-30-25-33(51)26-31(2)44(30)68-41-15-14-32(50(3,4)64)27-35(41)37-29-56(6)47(61)36-28-39(55-43(36)37)45(59)54-17-10-20-66-22-24-67-23-21-65-19-9-16-53-38-12-7-11-34-42(38)49(63)57(48(34)62)40(13-8-18-58)46(60)52-5/h7,11-12,14-15,18,25-29,40,53,55,64H,8-10,13,16-17,19-24H2,1-6H3,(H,52,60)(H,54,59). The number of likely N-dealkylation sites (N-methyl/N-ethyl adjacent to an activating group) is 1. The second-order valence-electron chi connectivity index (χ2n) is 17.0. The Morgan fingerprint density at radius 2 is 1.53 bits per heavy atom. The van der Waals surface area contributed by atoms with Crippen LogP contribution in [0.1, 0.15) is 87.4 Å². The lowest BCUT2D eigenvalue weighted by molar-refractivity contribution is -0.124. The summed E-state index contributed by atoms with van der Waals surface area (Å²) in [5, 5.41) is 19.7. The van der Waals surface area contributed by atoms with Crippen molar-refractivity contribution < 1.29 is 52.4 Å². The molecule has 0 fully saturated rings. The van der Waals surface area contributed by atoms with Gasteiger partial charge in [-0.15, -0.1) is 0 Å². The van der Waals surface area contributed by atoms with Gasteiger partial charge < -0.3 is 54.3 Å². The van der Waals surface area contributed by atoms with Crippen molar-refractivity contribution in [3.05, 3.63) is 110 Å². The lowest BCUT2D eigenvalue weighted by Crippen LogP contribution is -2.48. The molecule has 1 atom stereocenters. The lowest BCUT2D eigenvalue weighted by Gasteiger charge is -2.24. The third-order valence-corrected chi connectivity index (χ3v) is 11.5. The molecule has 5 aromatic rings. The van der Waals surface area contributed by atoms with Gasteiger partial charge in [0.05, 0.1) is 54.1 Å². The number of amides is 4. The maximum absolute atomic E-state index is 14.2. The molecule has 17 nitrogen and oxygen atoms in total. The Morgan fingerprint density at radius 3 is 2.18 bits per heavy atom. The van der Waals surface area contributed by atoms with E-state index in [-0.39, 0.29) is 46.4 Å². The number of carbonyl (C=O) groups is 5. The highest BCUT2D eigenvalue weighted by Gasteiger charge is 2.43. The summed E-state index contributed by atoms with van der Waals surface area (Å²) in [5.41, 5.74) is 2.82. The van der Waals surface area contributed by atoms with Crippen LogP contribution < -0.4 is 26.2 Å². The maximum atomic E-state index is 14.2. The Bertz CT molecular complexity index is 2700. The molecule has 1 aliphatic rings. The van der Waals surface area contributed by atoms with Crippen LogP contribution in [0.5, 0.6) is 11.5 Å². The zero-order valence-electron chi connectivity index (χ0n) is 39.2. The zero-order valence-corrected chi connectivity index (χ0v) is 39.2. The van der Waals surface area contributed by atoms with Gasteiger partial charge in [0.1, 0.15) is 35.3 Å². The number of ether oxygens (including phenoxy) is 4. The van der Waals surface area contributed by atoms with E-state index < -0.39 is 35.3 Å². The average Bonchev–Trinajstić information content (AvgIpc) is 3.86. The molecule has 6 rings (SSSR count). The lowest BCUT2D eigenvalue weighted by atomic mass is 9.93. The molecule has 0 spiro atoms. The zero-order chi connectivity index (χ0) is 49.1. The largest absolute Gasteiger partial charge is 0.456 e. The van der Waals surface area contributed by atoms with Crippen LogP contribution in [0.2, 0.25) is 0 Å². The fourth-order valence-electron chi connectivity index (χ4n) is 7.96. The molecule has 0 saturated heterocycles. The first-order valence-electron chi connectivity index (χ1n) is 22.5. The number of hydrogen-bond acceptors (Lipinski definition) is 12. The normalized spacial score (nSPS) is 12.9. The van der Waals surface area contributed by atoms with Crippen molar-refractivity contribution in [3.63, 3.8) is 0 Å². The van der Waals surface area contributed by atoms with Crippen LogP contribution in [0.4, 0.5) is 10.1 Å². The summed E-state index contributed by atoms with van der Waals surface area (Å²) in [4.78, 5) is 80.7. The van der Waals surface area contributed by atoms with Gasteiger partial charge in [0, 0.05) is 69.8 Å². The van der Waals surface area contributed by atoms with E-state index in [1.54, 1.807) is 77.3 Å². The number of anilines is 1. The number of nitrogens with zero attached hydrogens (tertiary/aromatic N) is 2. The van der Waals surface area contributed by atoms with E-state index in [2.05, 4.69) is 20.9 Å². The summed E-state index contributed by atoms with van der Waals surface area (Å²) < 4.78 is 38.9. The third-order valence-electron chi connectivity index (χ3n) is 11.5. The molecule has 1 aliphatic heterocycles. The fourth-order valence-corrected chi connectivity index (χ4v) is 7.96. The number of aldehydes is 1. The Labute approximate surface area is 393 Å². The molecule has 5 N–H and O–H groups in total. The summed E-state index contributed by atoms with van der Waals surface area (Å²) in [6.45, 7) is 9.77. The number of rotatable bonds is 25. The summed E-state index contributed by atoms with van der Waals surface area (Å²) in [6.07, 6.45) is 3.47. The minimum atomic E-state index is -1.21. The van der Waals surface area contributed by atoms with Crippen LogP contribution in [0.15, 0.2) is 65.6 Å². The molecule has 68 heavy (non-hydrogen) atoms. The number of fused-ring (bicyclic) bond motifs is 2. The summed E-state index contributed by atoms with van der Waals surface area (Å²) >= 11 is 0. The van der Waals surface area contributed by atoms with Gasteiger partial charge >= 0.3 is 0 Å². The number of H-pyrrole nitrogens is 1. The molecule has 2 aromatic heterocycles. The first-order valence-corrected chi connectivity index (χ1v) is 22.5. The molecular formula is C50H59FN6O11. The molecule has 0 saturated carbocycles. The molecule has 0 bridgehead atoms. The number of carbonyl (C=O) groups excluding carboxylic acids is 5. The minimum absolute atomic E-state index is 0.0231. The second-order valence-corrected chi connectivity index (χ2v) is 17.0. The number of halogens is 1. The van der Waals surface area contributed by atoms with Crippen LogP contribution in [-0.4, -0.2) is 115 Å². The first-order chi connectivity index (χ1) is 32.5. The molecule has 3 aromatic carbocycles. The molecule has 0 aliphatic carbocycles. The Morgan fingerprint density at radius 1 is 0.868 bits per heavy atom. The Balaban J connectivity index is 0.913. The molecule has 0 radical (unpaired) electrons. The number of aryl methyl sites for hydroxylation is 3. The number of aliphatic hydroxyl groups is 1. The van der Waals surface area contributed by atoms with Crippen molar-refractivity contribution in [1.29, 1.82) is 0 Å². The number of aromatic nitrogens is 2. The van der Waals surface area contributed by atoms with Gasteiger partial charge in [-0.1, -0.05) is 12.1 Å². The van der Waals surface area contributed by atoms with Crippen molar-refractivity contribution in [2.24, 2.45) is 7.05 Å². The van der Waals surface area contributed by atoms with Gasteiger partial charge in [-0.3, -0.25) is 28.9 Å². The molecule has 362 valence electrons. The molecule has 1 unspecified atom stereocenters. The molecular weight excluding hydrogens is 880 g/mol. The highest BCUT2D eigenvalue weighted by molar-refractivity contribution is 6.25. The van der Waals surface area contributed by atoms with Crippen LogP contribution in [0.25, 0.3) is 22.0 Å². The first kappa shape index (κ1) is 50.7. The van der Waals surface area contributed by atoms with Crippen LogP contribution in [-0.2, 0) is 36.4 Å². The van der Waals surface area contributed by atoms with E-state index in [0.29, 0.717) is 122 Å². The molecule has 18 heteroatoms. The Kier molecular flexibility index (Phi) is 17.0. The van der Waals surface area contributed by atoms with Crippen molar-refractivity contribution in [2.45, 2.75) is 65.0 Å². The summed E-state index contributed by atoms with van der Waals surface area (Å²) in [5.74, 6) is -1.59. The van der Waals surface area contributed by atoms with E-state index in [4.69, 9.17) is 18.9 Å². The highest BCUT2D eigenvalue weighted by Crippen LogP contribution is 2.41. The molecule has 4 amide bonds. The third kappa shape index (κ3) is 11.9. The topological polar surface area (TPSA) is 220 Å². The van der Waals surface area contributed by atoms with Gasteiger partial charge in [0.2, 0.25) is 5.91 Å². The smallest absolute Gasteiger partial charge is 0.267 e. The van der Waals surface area contributed by atoms with Crippen LogP contribution in [0, 0.1) is 19.7 Å². The average molecular weight is 939 g/mol. The Hall–Kier alpha value is -6.73. The van der Waals surface area contributed by atoms with Crippen molar-refractivity contribution in [3.8, 4) is 22.6 Å².